The number of carbonyl (C=O) groups excluding carboxylic acids is 2. The highest BCUT2D eigenvalue weighted by Crippen LogP contribution is 2.29. The van der Waals surface area contributed by atoms with Gasteiger partial charge in [-0.25, -0.2) is 8.42 Å². The second kappa shape index (κ2) is 12.7. The van der Waals surface area contributed by atoms with Crippen LogP contribution in [0.3, 0.4) is 0 Å². The zero-order chi connectivity index (χ0) is 27.3. The van der Waals surface area contributed by atoms with E-state index in [1.54, 1.807) is 50.2 Å². The molecule has 2 aromatic carbocycles. The molecular formula is C26H32Cl3N3O4S. The first-order valence-electron chi connectivity index (χ1n) is 12.1. The van der Waals surface area contributed by atoms with Crippen molar-refractivity contribution in [2.24, 2.45) is 0 Å². The molecule has 1 fully saturated rings. The lowest BCUT2D eigenvalue weighted by atomic mass is 9.95. The Morgan fingerprint density at radius 1 is 1.05 bits per heavy atom. The van der Waals surface area contributed by atoms with Crippen molar-refractivity contribution in [3.63, 3.8) is 0 Å². The number of hydrogen-bond acceptors (Lipinski definition) is 4. The van der Waals surface area contributed by atoms with Crippen molar-refractivity contribution in [1.29, 1.82) is 0 Å². The molecule has 7 nitrogen and oxygen atoms in total. The normalized spacial score (nSPS) is 15.2. The summed E-state index contributed by atoms with van der Waals surface area (Å²) >= 11 is 18.7. The molecule has 0 spiro atoms. The van der Waals surface area contributed by atoms with Gasteiger partial charge in [0.2, 0.25) is 21.8 Å². The summed E-state index contributed by atoms with van der Waals surface area (Å²) in [5.41, 5.74) is 1.41. The van der Waals surface area contributed by atoms with Gasteiger partial charge in [-0.1, -0.05) is 66.2 Å². The van der Waals surface area contributed by atoms with Crippen LogP contribution in [0.25, 0.3) is 0 Å². The molecule has 1 N–H and O–H groups in total. The third-order valence-corrected chi connectivity index (χ3v) is 8.78. The molecule has 11 heteroatoms. The summed E-state index contributed by atoms with van der Waals surface area (Å²) in [7, 11) is -3.86. The smallest absolute Gasteiger partial charge is 0.244 e. The minimum atomic E-state index is -3.86. The highest BCUT2D eigenvalue weighted by atomic mass is 35.5. The fourth-order valence-electron chi connectivity index (χ4n) is 4.45. The summed E-state index contributed by atoms with van der Waals surface area (Å²) in [6.07, 6.45) is 6.05. The summed E-state index contributed by atoms with van der Waals surface area (Å²) < 4.78 is 26.5. The molecule has 0 radical (unpaired) electrons. The average Bonchev–Trinajstić information content (AvgIpc) is 2.83. The van der Waals surface area contributed by atoms with Crippen LogP contribution in [0.2, 0.25) is 15.1 Å². The highest BCUT2D eigenvalue weighted by Gasteiger charge is 2.32. The third-order valence-electron chi connectivity index (χ3n) is 6.66. The predicted octanol–water partition coefficient (Wildman–Crippen LogP) is 5.59. The average molecular weight is 589 g/mol. The minimum Gasteiger partial charge on any atom is -0.352 e. The molecule has 2 amide bonds. The van der Waals surface area contributed by atoms with Gasteiger partial charge in [-0.05, 0) is 62.1 Å². The molecule has 2 aromatic rings. The Kier molecular flexibility index (Phi) is 10.1. The molecule has 0 aromatic heterocycles. The lowest BCUT2D eigenvalue weighted by molar-refractivity contribution is -0.139. The maximum absolute atomic E-state index is 13.7. The number of anilines is 1. The van der Waals surface area contributed by atoms with Gasteiger partial charge in [-0.3, -0.25) is 13.9 Å². The lowest BCUT2D eigenvalue weighted by Gasteiger charge is -2.33. The minimum absolute atomic E-state index is 0.000217. The van der Waals surface area contributed by atoms with E-state index in [0.717, 1.165) is 42.7 Å². The number of rotatable bonds is 9. The van der Waals surface area contributed by atoms with Crippen molar-refractivity contribution >= 4 is 62.3 Å². The number of carbonyl (C=O) groups is 2. The summed E-state index contributed by atoms with van der Waals surface area (Å²) in [4.78, 5) is 28.3. The van der Waals surface area contributed by atoms with Crippen molar-refractivity contribution in [1.82, 2.24) is 10.2 Å². The summed E-state index contributed by atoms with van der Waals surface area (Å²) in [6.45, 7) is 2.81. The number of nitrogens with one attached hydrogen (secondary N) is 1. The van der Waals surface area contributed by atoms with Crippen LogP contribution in [0.1, 0.15) is 50.2 Å². The van der Waals surface area contributed by atoms with E-state index in [9.17, 15) is 18.0 Å². The van der Waals surface area contributed by atoms with E-state index >= 15 is 0 Å². The maximum Gasteiger partial charge on any atom is 0.244 e. The number of benzene rings is 2. The largest absolute Gasteiger partial charge is 0.352 e. The molecule has 37 heavy (non-hydrogen) atoms. The maximum atomic E-state index is 13.7. The van der Waals surface area contributed by atoms with Gasteiger partial charge < -0.3 is 10.2 Å². The van der Waals surface area contributed by atoms with Crippen LogP contribution in [-0.2, 0) is 26.2 Å². The number of nitrogens with zero attached hydrogens (tertiary/aromatic N) is 2. The molecule has 1 aliphatic rings. The van der Waals surface area contributed by atoms with E-state index in [1.807, 2.05) is 0 Å². The van der Waals surface area contributed by atoms with Gasteiger partial charge in [-0.15, -0.1) is 0 Å². The molecule has 0 bridgehead atoms. The number of sulfonamides is 1. The summed E-state index contributed by atoms with van der Waals surface area (Å²) in [5.74, 6) is -0.850. The van der Waals surface area contributed by atoms with Gasteiger partial charge in [0, 0.05) is 27.7 Å². The fraction of sp³-hybridized carbons (Fsp3) is 0.462. The molecule has 0 unspecified atom stereocenters. The second-order valence-electron chi connectivity index (χ2n) is 9.43. The van der Waals surface area contributed by atoms with Crippen LogP contribution in [0.15, 0.2) is 36.4 Å². The highest BCUT2D eigenvalue weighted by molar-refractivity contribution is 7.92. The van der Waals surface area contributed by atoms with Crippen molar-refractivity contribution < 1.29 is 18.0 Å². The number of halogens is 3. The van der Waals surface area contributed by atoms with Crippen LogP contribution in [-0.4, -0.2) is 50.0 Å². The quantitative estimate of drug-likeness (QED) is 0.414. The van der Waals surface area contributed by atoms with E-state index in [-0.39, 0.29) is 18.5 Å². The second-order valence-corrected chi connectivity index (χ2v) is 12.6. The van der Waals surface area contributed by atoms with Crippen LogP contribution >= 0.6 is 34.8 Å². The van der Waals surface area contributed by atoms with Crippen LogP contribution in [0.4, 0.5) is 5.69 Å². The van der Waals surface area contributed by atoms with Crippen LogP contribution in [0, 0.1) is 6.92 Å². The monoisotopic (exact) mass is 587 g/mol. The Bertz CT molecular complexity index is 1250. The summed E-state index contributed by atoms with van der Waals surface area (Å²) in [6, 6.07) is 8.95. The van der Waals surface area contributed by atoms with Crippen molar-refractivity contribution in [2.45, 2.75) is 64.6 Å². The SMILES string of the molecule is Cc1c(Cl)cccc1N(CC(=O)N(Cc1ccc(Cl)cc1Cl)[C@H](C)C(=O)NC1CCCCC1)S(C)(=O)=O. The first-order valence-corrected chi connectivity index (χ1v) is 15.1. The predicted molar refractivity (Wildman–Crippen MR) is 150 cm³/mol. The van der Waals surface area contributed by atoms with Gasteiger partial charge in [0.25, 0.3) is 0 Å². The molecule has 3 rings (SSSR count). The van der Waals surface area contributed by atoms with Crippen molar-refractivity contribution in [3.05, 3.63) is 62.6 Å². The van der Waals surface area contributed by atoms with E-state index in [2.05, 4.69) is 5.32 Å². The zero-order valence-electron chi connectivity index (χ0n) is 21.1. The third kappa shape index (κ3) is 7.76. The first kappa shape index (κ1) is 29.6. The van der Waals surface area contributed by atoms with Gasteiger partial charge in [0.1, 0.15) is 12.6 Å². The van der Waals surface area contributed by atoms with Crippen molar-refractivity contribution in [3.8, 4) is 0 Å². The van der Waals surface area contributed by atoms with E-state index in [0.29, 0.717) is 31.9 Å². The molecule has 0 saturated heterocycles. The molecule has 0 heterocycles. The molecule has 202 valence electrons. The van der Waals surface area contributed by atoms with E-state index in [1.165, 1.54) is 4.90 Å². The molecule has 0 aliphatic heterocycles. The van der Waals surface area contributed by atoms with Crippen LogP contribution < -0.4 is 9.62 Å². The lowest BCUT2D eigenvalue weighted by Crippen LogP contribution is -2.53. The summed E-state index contributed by atoms with van der Waals surface area (Å²) in [5, 5.41) is 4.22. The van der Waals surface area contributed by atoms with Crippen molar-refractivity contribution in [2.75, 3.05) is 17.1 Å². The van der Waals surface area contributed by atoms with Gasteiger partial charge in [0.05, 0.1) is 11.9 Å². The van der Waals surface area contributed by atoms with Gasteiger partial charge in [-0.2, -0.15) is 0 Å². The fourth-order valence-corrected chi connectivity index (χ4v) is 5.98. The zero-order valence-corrected chi connectivity index (χ0v) is 24.2. The molecule has 1 atom stereocenters. The Hall–Kier alpha value is -2.00. The Labute approximate surface area is 234 Å². The topological polar surface area (TPSA) is 86.8 Å². The first-order chi connectivity index (χ1) is 17.4. The van der Waals surface area contributed by atoms with E-state index < -0.39 is 28.5 Å². The molecule has 1 saturated carbocycles. The number of amides is 2. The van der Waals surface area contributed by atoms with Crippen LogP contribution in [0.5, 0.6) is 0 Å². The van der Waals surface area contributed by atoms with Gasteiger partial charge in [0.15, 0.2) is 0 Å². The Balaban J connectivity index is 1.93. The standard InChI is InChI=1S/C26H32Cl3N3O4S/c1-17-22(28)10-7-11-24(17)32(37(3,35)36)16-25(33)31(15-19-12-13-20(27)14-23(19)29)18(2)26(34)30-21-8-5-4-6-9-21/h7,10-14,18,21H,4-6,8-9,15-16H2,1-3H3,(H,30,34)/t18-/m1/s1. The Morgan fingerprint density at radius 3 is 2.35 bits per heavy atom. The number of hydrogen-bond donors (Lipinski definition) is 1. The molecule has 1 aliphatic carbocycles. The van der Waals surface area contributed by atoms with E-state index in [4.69, 9.17) is 34.8 Å². The Morgan fingerprint density at radius 2 is 1.73 bits per heavy atom. The van der Waals surface area contributed by atoms with Gasteiger partial charge >= 0.3 is 0 Å². The molecular weight excluding hydrogens is 557 g/mol.